The van der Waals surface area contributed by atoms with E-state index in [9.17, 15) is 5.11 Å². The highest BCUT2D eigenvalue weighted by Crippen LogP contribution is 2.30. The van der Waals surface area contributed by atoms with Gasteiger partial charge in [0, 0.05) is 12.3 Å². The molecule has 0 saturated carbocycles. The molecular weight excluding hydrogens is 266 g/mol. The lowest BCUT2D eigenvalue weighted by Crippen LogP contribution is -2.36. The third-order valence-electron chi connectivity index (χ3n) is 2.66. The summed E-state index contributed by atoms with van der Waals surface area (Å²) in [5.41, 5.74) is 9.40. The SMILES string of the molecule is CSCC(C)(O)CNc1ccc2scnc2c1N. The summed E-state index contributed by atoms with van der Waals surface area (Å²) in [7, 11) is 0. The van der Waals surface area contributed by atoms with Crippen LogP contribution in [0.15, 0.2) is 17.6 Å². The van der Waals surface area contributed by atoms with E-state index in [1.165, 1.54) is 0 Å². The van der Waals surface area contributed by atoms with Gasteiger partial charge in [-0.25, -0.2) is 4.98 Å². The van der Waals surface area contributed by atoms with E-state index in [4.69, 9.17) is 5.73 Å². The molecule has 2 aromatic rings. The summed E-state index contributed by atoms with van der Waals surface area (Å²) in [5, 5.41) is 13.3. The molecule has 6 heteroatoms. The zero-order chi connectivity index (χ0) is 13.2. The van der Waals surface area contributed by atoms with Crippen molar-refractivity contribution in [3.63, 3.8) is 0 Å². The molecular formula is C12H17N3OS2. The van der Waals surface area contributed by atoms with Crippen LogP contribution in [0.5, 0.6) is 0 Å². The number of aromatic nitrogens is 1. The van der Waals surface area contributed by atoms with E-state index >= 15 is 0 Å². The Labute approximate surface area is 115 Å². The normalized spacial score (nSPS) is 14.6. The van der Waals surface area contributed by atoms with Crippen LogP contribution < -0.4 is 11.1 Å². The minimum atomic E-state index is -0.747. The van der Waals surface area contributed by atoms with Crippen LogP contribution in [0.3, 0.4) is 0 Å². The Bertz CT molecular complexity index is 539. The summed E-state index contributed by atoms with van der Waals surface area (Å²) < 4.78 is 1.08. The zero-order valence-corrected chi connectivity index (χ0v) is 12.1. The van der Waals surface area contributed by atoms with Crippen LogP contribution in [0.1, 0.15) is 6.92 Å². The molecule has 0 aliphatic rings. The topological polar surface area (TPSA) is 71.2 Å². The van der Waals surface area contributed by atoms with Gasteiger partial charge in [-0.3, -0.25) is 0 Å². The first-order valence-electron chi connectivity index (χ1n) is 5.60. The molecule has 0 saturated heterocycles. The molecule has 18 heavy (non-hydrogen) atoms. The molecule has 98 valence electrons. The molecule has 4 nitrogen and oxygen atoms in total. The van der Waals surface area contributed by atoms with E-state index in [1.807, 2.05) is 25.3 Å². The average Bonchev–Trinajstić information content (AvgIpc) is 2.77. The fourth-order valence-corrected chi connectivity index (χ4v) is 3.17. The number of rotatable bonds is 5. The minimum Gasteiger partial charge on any atom is -0.395 e. The molecule has 1 heterocycles. The number of thiazole rings is 1. The number of fused-ring (bicyclic) bond motifs is 1. The molecule has 4 N–H and O–H groups in total. The lowest BCUT2D eigenvalue weighted by atomic mass is 10.1. The van der Waals surface area contributed by atoms with Gasteiger partial charge in [0.2, 0.25) is 0 Å². The van der Waals surface area contributed by atoms with Gasteiger partial charge in [-0.2, -0.15) is 11.8 Å². The Morgan fingerprint density at radius 2 is 2.33 bits per heavy atom. The second-order valence-electron chi connectivity index (χ2n) is 4.51. The van der Waals surface area contributed by atoms with Crippen molar-refractivity contribution in [1.82, 2.24) is 4.98 Å². The van der Waals surface area contributed by atoms with Gasteiger partial charge in [0.05, 0.1) is 27.2 Å². The molecule has 1 aromatic heterocycles. The van der Waals surface area contributed by atoms with Crippen LogP contribution in [0.25, 0.3) is 10.2 Å². The van der Waals surface area contributed by atoms with E-state index in [1.54, 1.807) is 28.6 Å². The molecule has 0 amide bonds. The number of benzene rings is 1. The molecule has 1 aromatic carbocycles. The van der Waals surface area contributed by atoms with Gasteiger partial charge in [-0.1, -0.05) is 0 Å². The Hall–Kier alpha value is -0.980. The van der Waals surface area contributed by atoms with Gasteiger partial charge in [0.1, 0.15) is 5.52 Å². The maximum absolute atomic E-state index is 10.1. The number of nitrogens with zero attached hydrogens (tertiary/aromatic N) is 1. The molecule has 0 spiro atoms. The van der Waals surface area contributed by atoms with Crippen molar-refractivity contribution in [1.29, 1.82) is 0 Å². The smallest absolute Gasteiger partial charge is 0.106 e. The number of thioether (sulfide) groups is 1. The molecule has 0 radical (unpaired) electrons. The molecule has 0 bridgehead atoms. The summed E-state index contributed by atoms with van der Waals surface area (Å²) in [6.45, 7) is 2.28. The fraction of sp³-hybridized carbons (Fsp3) is 0.417. The van der Waals surface area contributed by atoms with E-state index in [0.717, 1.165) is 15.9 Å². The molecule has 2 rings (SSSR count). The number of nitrogens with two attached hydrogens (primary N) is 1. The lowest BCUT2D eigenvalue weighted by molar-refractivity contribution is 0.0997. The molecule has 1 unspecified atom stereocenters. The van der Waals surface area contributed by atoms with E-state index < -0.39 is 5.60 Å². The Morgan fingerprint density at radius 3 is 3.06 bits per heavy atom. The number of anilines is 2. The second-order valence-corrected chi connectivity index (χ2v) is 6.26. The van der Waals surface area contributed by atoms with Gasteiger partial charge >= 0.3 is 0 Å². The zero-order valence-electron chi connectivity index (χ0n) is 10.4. The molecule has 0 fully saturated rings. The number of hydrogen-bond acceptors (Lipinski definition) is 6. The Balaban J connectivity index is 2.14. The van der Waals surface area contributed by atoms with Crippen LogP contribution in [0.4, 0.5) is 11.4 Å². The van der Waals surface area contributed by atoms with Crippen molar-refractivity contribution in [2.75, 3.05) is 29.6 Å². The average molecular weight is 283 g/mol. The van der Waals surface area contributed by atoms with E-state index in [2.05, 4.69) is 10.3 Å². The van der Waals surface area contributed by atoms with Gasteiger partial charge < -0.3 is 16.2 Å². The third-order valence-corrected chi connectivity index (χ3v) is 4.36. The summed E-state index contributed by atoms with van der Waals surface area (Å²) >= 11 is 3.19. The molecule has 0 aliphatic heterocycles. The Morgan fingerprint density at radius 1 is 1.56 bits per heavy atom. The first kappa shape index (κ1) is 13.5. The summed E-state index contributed by atoms with van der Waals surface area (Å²) in [6, 6.07) is 3.93. The van der Waals surface area contributed by atoms with Crippen LogP contribution >= 0.6 is 23.1 Å². The third kappa shape index (κ3) is 2.88. The summed E-state index contributed by atoms with van der Waals surface area (Å²) in [6.07, 6.45) is 1.98. The predicted octanol–water partition coefficient (Wildman–Crippen LogP) is 2.40. The van der Waals surface area contributed by atoms with Gasteiger partial charge in [0.25, 0.3) is 0 Å². The van der Waals surface area contributed by atoms with Crippen molar-refractivity contribution in [3.05, 3.63) is 17.6 Å². The van der Waals surface area contributed by atoms with Crippen LogP contribution in [0, 0.1) is 0 Å². The monoisotopic (exact) mass is 283 g/mol. The van der Waals surface area contributed by atoms with Crippen LogP contribution in [-0.4, -0.2) is 34.2 Å². The van der Waals surface area contributed by atoms with Gasteiger partial charge in [-0.05, 0) is 25.3 Å². The summed E-state index contributed by atoms with van der Waals surface area (Å²) in [4.78, 5) is 4.25. The predicted molar refractivity (Wildman–Crippen MR) is 81.5 cm³/mol. The highest BCUT2D eigenvalue weighted by molar-refractivity contribution is 7.98. The largest absolute Gasteiger partial charge is 0.395 e. The second kappa shape index (κ2) is 5.34. The van der Waals surface area contributed by atoms with Gasteiger partial charge in [-0.15, -0.1) is 11.3 Å². The number of nitrogen functional groups attached to an aromatic ring is 1. The standard InChI is InChI=1S/C12H17N3OS2/c1-12(16,6-17-2)5-14-8-3-4-9-11(10(8)13)15-7-18-9/h3-4,7,14,16H,5-6,13H2,1-2H3. The fourth-order valence-electron chi connectivity index (χ4n) is 1.75. The quantitative estimate of drug-likeness (QED) is 0.735. The maximum Gasteiger partial charge on any atom is 0.106 e. The van der Waals surface area contributed by atoms with Crippen molar-refractivity contribution in [3.8, 4) is 0 Å². The van der Waals surface area contributed by atoms with E-state index in [-0.39, 0.29) is 0 Å². The van der Waals surface area contributed by atoms with Crippen molar-refractivity contribution >= 4 is 44.7 Å². The minimum absolute atomic E-state index is 0.466. The van der Waals surface area contributed by atoms with Crippen molar-refractivity contribution in [2.45, 2.75) is 12.5 Å². The Kier molecular flexibility index (Phi) is 3.99. The lowest BCUT2D eigenvalue weighted by Gasteiger charge is -2.23. The van der Waals surface area contributed by atoms with Crippen molar-refractivity contribution in [2.24, 2.45) is 0 Å². The summed E-state index contributed by atoms with van der Waals surface area (Å²) in [5.74, 6) is 0.679. The maximum atomic E-state index is 10.1. The highest BCUT2D eigenvalue weighted by atomic mass is 32.2. The van der Waals surface area contributed by atoms with Crippen LogP contribution in [0.2, 0.25) is 0 Å². The molecule has 1 atom stereocenters. The highest BCUT2D eigenvalue weighted by Gasteiger charge is 2.19. The first-order valence-corrected chi connectivity index (χ1v) is 7.88. The number of aliphatic hydroxyl groups is 1. The number of hydrogen-bond donors (Lipinski definition) is 3. The van der Waals surface area contributed by atoms with Gasteiger partial charge in [0.15, 0.2) is 0 Å². The van der Waals surface area contributed by atoms with Crippen LogP contribution in [-0.2, 0) is 0 Å². The first-order chi connectivity index (χ1) is 8.53. The number of nitrogens with one attached hydrogen (secondary N) is 1. The van der Waals surface area contributed by atoms with Crippen molar-refractivity contribution < 1.29 is 5.11 Å². The molecule has 0 aliphatic carbocycles. The van der Waals surface area contributed by atoms with E-state index in [0.29, 0.717) is 18.0 Å².